The number of aromatic nitrogens is 1. The van der Waals surface area contributed by atoms with Gasteiger partial charge in [0.2, 0.25) is 5.89 Å². The topological polar surface area (TPSA) is 111 Å². The van der Waals surface area contributed by atoms with Crippen molar-refractivity contribution in [3.8, 4) is 22.6 Å². The van der Waals surface area contributed by atoms with Crippen LogP contribution in [-0.4, -0.2) is 53.7 Å². The van der Waals surface area contributed by atoms with Crippen molar-refractivity contribution in [1.82, 2.24) is 10.3 Å². The summed E-state index contributed by atoms with van der Waals surface area (Å²) in [5, 5.41) is 12.3. The second-order valence-corrected chi connectivity index (χ2v) is 10.8. The van der Waals surface area contributed by atoms with Crippen molar-refractivity contribution in [3.05, 3.63) is 101 Å². The number of hydrogen-bond acceptors (Lipinski definition) is 7. The van der Waals surface area contributed by atoms with Crippen molar-refractivity contribution in [2.24, 2.45) is 0 Å². The summed E-state index contributed by atoms with van der Waals surface area (Å²) >= 11 is 1.54. The van der Waals surface area contributed by atoms with Gasteiger partial charge in [0.1, 0.15) is 12.1 Å². The van der Waals surface area contributed by atoms with Crippen molar-refractivity contribution in [2.45, 2.75) is 45.9 Å². The lowest BCUT2D eigenvalue weighted by atomic mass is 9.93. The van der Waals surface area contributed by atoms with Gasteiger partial charge in [-0.3, -0.25) is 4.79 Å². The van der Waals surface area contributed by atoms with Crippen LogP contribution in [0.5, 0.6) is 0 Å². The number of methoxy groups -OCH3 is 1. The first-order valence-electron chi connectivity index (χ1n) is 14.1. The van der Waals surface area contributed by atoms with Crippen LogP contribution in [0.1, 0.15) is 53.6 Å². The summed E-state index contributed by atoms with van der Waals surface area (Å²) in [6.07, 6.45) is 3.59. The standard InChI is InChI=1S/C31H32N2O5S.C3H8O/c1-20-9-7-8-12-24(20)26-17-22(13-14-25(26)29(34)33-27(31(35)36)15-16-39-3)19-37-21(2)28-18-32-30(38-28)23-10-5-4-6-11-23;1-3-4-2/h4-14,17-18,21,27H,15-16,19H2,1-3H3,(H,33,34)(H,35,36);3H2,1-2H3. The van der Waals surface area contributed by atoms with Crippen LogP contribution >= 0.6 is 11.8 Å². The summed E-state index contributed by atoms with van der Waals surface area (Å²) in [5.41, 5.74) is 4.81. The molecule has 0 spiro atoms. The fraction of sp³-hybridized carbons (Fsp3) is 0.324. The highest BCUT2D eigenvalue weighted by Crippen LogP contribution is 2.30. The molecule has 2 unspecified atom stereocenters. The molecule has 2 N–H and O–H groups in total. The molecular formula is C34H40N2O6S. The third kappa shape index (κ3) is 9.81. The van der Waals surface area contributed by atoms with E-state index in [0.29, 0.717) is 29.4 Å². The fourth-order valence-corrected chi connectivity index (χ4v) is 4.67. The maximum Gasteiger partial charge on any atom is 0.326 e. The van der Waals surface area contributed by atoms with Gasteiger partial charge in [-0.2, -0.15) is 11.8 Å². The molecule has 0 fully saturated rings. The zero-order valence-electron chi connectivity index (χ0n) is 25.3. The van der Waals surface area contributed by atoms with Gasteiger partial charge >= 0.3 is 5.97 Å². The predicted octanol–water partition coefficient (Wildman–Crippen LogP) is 7.18. The second-order valence-electron chi connectivity index (χ2n) is 9.81. The Balaban J connectivity index is 0.00000119. The Morgan fingerprint density at radius 2 is 1.74 bits per heavy atom. The maximum atomic E-state index is 13.3. The largest absolute Gasteiger partial charge is 0.480 e. The number of carboxylic acid groups (broad SMARTS) is 1. The Kier molecular flexibility index (Phi) is 13.5. The molecule has 1 aromatic heterocycles. The Bertz CT molecular complexity index is 1450. The van der Waals surface area contributed by atoms with Gasteiger partial charge in [0.05, 0.1) is 12.8 Å². The second kappa shape index (κ2) is 17.3. The van der Waals surface area contributed by atoms with Gasteiger partial charge in [-0.15, -0.1) is 0 Å². The predicted molar refractivity (Wildman–Crippen MR) is 171 cm³/mol. The quantitative estimate of drug-likeness (QED) is 0.165. The molecule has 43 heavy (non-hydrogen) atoms. The SMILES string of the molecule is CCOC.CSCCC(NC(=O)c1ccc(COC(C)c2cnc(-c3ccccc3)o2)cc1-c1ccccc1C)C(=O)O. The van der Waals surface area contributed by atoms with E-state index in [1.54, 1.807) is 31.1 Å². The van der Waals surface area contributed by atoms with Crippen molar-refractivity contribution < 1.29 is 28.6 Å². The molecule has 8 nitrogen and oxygen atoms in total. The third-order valence-corrected chi connectivity index (χ3v) is 7.36. The highest BCUT2D eigenvalue weighted by molar-refractivity contribution is 7.98. The number of thioether (sulfide) groups is 1. The molecule has 0 saturated heterocycles. The zero-order valence-corrected chi connectivity index (χ0v) is 26.1. The van der Waals surface area contributed by atoms with Crippen LogP contribution in [0, 0.1) is 6.92 Å². The van der Waals surface area contributed by atoms with Gasteiger partial charge < -0.3 is 24.3 Å². The first-order valence-corrected chi connectivity index (χ1v) is 15.5. The van der Waals surface area contributed by atoms with Crippen molar-refractivity contribution in [3.63, 3.8) is 0 Å². The minimum Gasteiger partial charge on any atom is -0.480 e. The number of nitrogens with one attached hydrogen (secondary N) is 1. The monoisotopic (exact) mass is 604 g/mol. The summed E-state index contributed by atoms with van der Waals surface area (Å²) in [6, 6.07) is 22.0. The molecule has 9 heteroatoms. The fourth-order valence-electron chi connectivity index (χ4n) is 4.20. The van der Waals surface area contributed by atoms with E-state index >= 15 is 0 Å². The molecule has 2 atom stereocenters. The van der Waals surface area contributed by atoms with Gasteiger partial charge in [0, 0.05) is 24.8 Å². The summed E-state index contributed by atoms with van der Waals surface area (Å²) < 4.78 is 16.6. The van der Waals surface area contributed by atoms with E-state index < -0.39 is 17.9 Å². The van der Waals surface area contributed by atoms with Gasteiger partial charge in [0.15, 0.2) is 5.76 Å². The number of nitrogens with zero attached hydrogens (tertiary/aromatic N) is 1. The Morgan fingerprint density at radius 1 is 1.05 bits per heavy atom. The Hall–Kier alpha value is -3.92. The number of aliphatic carboxylic acids is 1. The lowest BCUT2D eigenvalue weighted by molar-refractivity contribution is -0.139. The number of rotatable bonds is 13. The van der Waals surface area contributed by atoms with Crippen LogP contribution in [0.2, 0.25) is 0 Å². The molecule has 4 aromatic rings. The zero-order chi connectivity index (χ0) is 31.2. The molecule has 3 aromatic carbocycles. The number of aryl methyl sites for hydroxylation is 1. The molecule has 1 heterocycles. The minimum absolute atomic E-state index is 0.286. The van der Waals surface area contributed by atoms with Crippen LogP contribution < -0.4 is 5.32 Å². The number of benzene rings is 3. The lowest BCUT2D eigenvalue weighted by Gasteiger charge is -2.18. The van der Waals surface area contributed by atoms with E-state index in [0.717, 1.165) is 34.4 Å². The van der Waals surface area contributed by atoms with E-state index in [1.165, 1.54) is 0 Å². The molecule has 4 rings (SSSR count). The molecule has 0 radical (unpaired) electrons. The van der Waals surface area contributed by atoms with Crippen LogP contribution in [0.4, 0.5) is 0 Å². The van der Waals surface area contributed by atoms with Gasteiger partial charge in [0.25, 0.3) is 5.91 Å². The average molecular weight is 605 g/mol. The molecule has 0 bridgehead atoms. The van der Waals surface area contributed by atoms with Crippen LogP contribution in [0.15, 0.2) is 83.4 Å². The molecule has 0 saturated carbocycles. The normalized spacial score (nSPS) is 12.1. The van der Waals surface area contributed by atoms with Crippen LogP contribution in [0.25, 0.3) is 22.6 Å². The van der Waals surface area contributed by atoms with E-state index in [9.17, 15) is 14.7 Å². The minimum atomic E-state index is -1.04. The number of carbonyl (C=O) groups is 2. The number of oxazole rings is 1. The first kappa shape index (κ1) is 33.6. The van der Waals surface area contributed by atoms with E-state index in [2.05, 4.69) is 15.0 Å². The van der Waals surface area contributed by atoms with Crippen LogP contribution in [0.3, 0.4) is 0 Å². The summed E-state index contributed by atoms with van der Waals surface area (Å²) in [4.78, 5) is 29.4. The number of amides is 1. The summed E-state index contributed by atoms with van der Waals surface area (Å²) in [6.45, 7) is 6.95. The highest BCUT2D eigenvalue weighted by atomic mass is 32.2. The number of ether oxygens (including phenoxy) is 2. The smallest absolute Gasteiger partial charge is 0.326 e. The van der Waals surface area contributed by atoms with Gasteiger partial charge in [-0.05, 0) is 85.7 Å². The summed E-state index contributed by atoms with van der Waals surface area (Å²) in [7, 11) is 1.68. The van der Waals surface area contributed by atoms with Gasteiger partial charge in [-0.25, -0.2) is 9.78 Å². The van der Waals surface area contributed by atoms with Gasteiger partial charge in [-0.1, -0.05) is 48.5 Å². The van der Waals surface area contributed by atoms with E-state index in [4.69, 9.17) is 9.15 Å². The average Bonchev–Trinajstić information content (AvgIpc) is 3.53. The molecule has 1 amide bonds. The summed E-state index contributed by atoms with van der Waals surface area (Å²) in [5.74, 6) is 0.327. The first-order chi connectivity index (χ1) is 20.8. The lowest BCUT2D eigenvalue weighted by Crippen LogP contribution is -2.41. The number of carboxylic acids is 1. The molecular weight excluding hydrogens is 564 g/mol. The Morgan fingerprint density at radius 3 is 2.40 bits per heavy atom. The van der Waals surface area contributed by atoms with Crippen LogP contribution in [-0.2, 0) is 20.9 Å². The van der Waals surface area contributed by atoms with Crippen molar-refractivity contribution >= 4 is 23.6 Å². The third-order valence-electron chi connectivity index (χ3n) is 6.71. The van der Waals surface area contributed by atoms with E-state index in [1.807, 2.05) is 93.8 Å². The maximum absolute atomic E-state index is 13.3. The molecule has 228 valence electrons. The Labute approximate surface area is 257 Å². The molecule has 0 aliphatic rings. The van der Waals surface area contributed by atoms with E-state index in [-0.39, 0.29) is 12.7 Å². The van der Waals surface area contributed by atoms with Crippen molar-refractivity contribution in [1.29, 1.82) is 0 Å². The number of hydrogen-bond donors (Lipinski definition) is 2. The molecule has 0 aliphatic carbocycles. The highest BCUT2D eigenvalue weighted by Gasteiger charge is 2.23. The van der Waals surface area contributed by atoms with Crippen molar-refractivity contribution in [2.75, 3.05) is 25.7 Å². The number of carbonyl (C=O) groups excluding carboxylic acids is 1. The molecule has 0 aliphatic heterocycles.